The van der Waals surface area contributed by atoms with Gasteiger partial charge in [-0.25, -0.2) is 0 Å². The quantitative estimate of drug-likeness (QED) is 0.820. The van der Waals surface area contributed by atoms with Gasteiger partial charge in [0.2, 0.25) is 5.91 Å². The van der Waals surface area contributed by atoms with Crippen LogP contribution >= 0.6 is 0 Å². The summed E-state index contributed by atoms with van der Waals surface area (Å²) < 4.78 is 5.10. The van der Waals surface area contributed by atoms with Gasteiger partial charge in [-0.2, -0.15) is 5.10 Å². The third kappa shape index (κ3) is 4.03. The van der Waals surface area contributed by atoms with E-state index >= 15 is 0 Å². The van der Waals surface area contributed by atoms with E-state index in [2.05, 4.69) is 10.2 Å². The minimum atomic E-state index is -0.00809. The normalized spacial score (nSPS) is 24.2. The number of rotatable bonds is 5. The summed E-state index contributed by atoms with van der Waals surface area (Å²) in [7, 11) is 1.68. The fourth-order valence-corrected chi connectivity index (χ4v) is 4.11. The molecule has 2 amide bonds. The van der Waals surface area contributed by atoms with Crippen LogP contribution in [-0.2, 0) is 9.53 Å². The van der Waals surface area contributed by atoms with Crippen LogP contribution in [0.25, 0.3) is 0 Å². The highest BCUT2D eigenvalue weighted by Gasteiger charge is 2.42. The highest BCUT2D eigenvalue weighted by molar-refractivity contribution is 5.92. The lowest BCUT2D eigenvalue weighted by molar-refractivity contribution is -0.139. The Kier molecular flexibility index (Phi) is 5.42. The number of carbonyl (C=O) groups excluding carboxylic acids is 2. The third-order valence-corrected chi connectivity index (χ3v) is 5.40. The molecule has 3 heterocycles. The molecule has 1 aromatic rings. The highest BCUT2D eigenvalue weighted by atomic mass is 16.5. The predicted molar refractivity (Wildman–Crippen MR) is 93.2 cm³/mol. The molecule has 2 aliphatic rings. The molecule has 0 saturated carbocycles. The maximum Gasteiger partial charge on any atom is 0.274 e. The summed E-state index contributed by atoms with van der Waals surface area (Å²) in [6.07, 6.45) is 4.36. The summed E-state index contributed by atoms with van der Waals surface area (Å²) in [6.45, 7) is 5.53. The van der Waals surface area contributed by atoms with Crippen molar-refractivity contribution in [2.45, 2.75) is 39.0 Å². The zero-order chi connectivity index (χ0) is 17.9. The number of hydrogen-bond acceptors (Lipinski definition) is 4. The molecule has 1 spiro atoms. The second-order valence-corrected chi connectivity index (χ2v) is 7.43. The largest absolute Gasteiger partial charge is 0.385 e. The molecular weight excluding hydrogens is 320 g/mol. The van der Waals surface area contributed by atoms with Crippen LogP contribution in [0.4, 0.5) is 0 Å². The number of likely N-dealkylation sites (tertiary alicyclic amines) is 2. The van der Waals surface area contributed by atoms with Gasteiger partial charge in [0.25, 0.3) is 5.91 Å². The Bertz CT molecular complexity index is 630. The van der Waals surface area contributed by atoms with Crippen LogP contribution in [0.2, 0.25) is 0 Å². The van der Waals surface area contributed by atoms with E-state index in [1.165, 1.54) is 0 Å². The Labute approximate surface area is 148 Å². The standard InChI is InChI=1S/C18H28N4O3/c1-14-11-15(20-19-14)17(24)22-8-3-6-18(13-22)7-5-16(23)21(12-18)9-4-10-25-2/h11H,3-10,12-13H2,1-2H3,(H,19,20)/t18-/m1/s1. The maximum absolute atomic E-state index is 12.7. The number of nitrogens with one attached hydrogen (secondary N) is 1. The molecule has 0 aromatic carbocycles. The molecule has 0 radical (unpaired) electrons. The number of carbonyl (C=O) groups is 2. The fourth-order valence-electron chi connectivity index (χ4n) is 4.11. The summed E-state index contributed by atoms with van der Waals surface area (Å²) >= 11 is 0. The van der Waals surface area contributed by atoms with Crippen molar-refractivity contribution < 1.29 is 14.3 Å². The van der Waals surface area contributed by atoms with E-state index in [0.29, 0.717) is 25.3 Å². The molecule has 25 heavy (non-hydrogen) atoms. The smallest absolute Gasteiger partial charge is 0.274 e. The molecule has 1 atom stereocenters. The number of aromatic nitrogens is 2. The van der Waals surface area contributed by atoms with E-state index < -0.39 is 0 Å². The molecule has 2 saturated heterocycles. The topological polar surface area (TPSA) is 78.5 Å². The third-order valence-electron chi connectivity index (χ3n) is 5.40. The molecular formula is C18H28N4O3. The molecule has 1 aromatic heterocycles. The SMILES string of the molecule is COCCCN1C[C@@]2(CCCN(C(=O)c3cc(C)[nH]n3)C2)CCC1=O. The minimum absolute atomic E-state index is 0.00809. The van der Waals surface area contributed by atoms with E-state index in [9.17, 15) is 9.59 Å². The average Bonchev–Trinajstić information content (AvgIpc) is 3.04. The van der Waals surface area contributed by atoms with Crippen molar-refractivity contribution in [2.75, 3.05) is 39.9 Å². The summed E-state index contributed by atoms with van der Waals surface area (Å²) in [5.41, 5.74) is 1.40. The van der Waals surface area contributed by atoms with Crippen molar-refractivity contribution in [2.24, 2.45) is 5.41 Å². The van der Waals surface area contributed by atoms with Crippen molar-refractivity contribution in [3.05, 3.63) is 17.5 Å². The molecule has 7 heteroatoms. The van der Waals surface area contributed by atoms with Crippen molar-refractivity contribution in [3.8, 4) is 0 Å². The lowest BCUT2D eigenvalue weighted by Crippen LogP contribution is -2.55. The first-order chi connectivity index (χ1) is 12.0. The second kappa shape index (κ2) is 7.56. The number of hydrogen-bond donors (Lipinski definition) is 1. The number of H-pyrrole nitrogens is 1. The summed E-state index contributed by atoms with van der Waals surface area (Å²) in [4.78, 5) is 28.9. The Morgan fingerprint density at radius 1 is 1.40 bits per heavy atom. The summed E-state index contributed by atoms with van der Waals surface area (Å²) in [5, 5.41) is 6.95. The average molecular weight is 348 g/mol. The number of nitrogens with zero attached hydrogens (tertiary/aromatic N) is 3. The van der Waals surface area contributed by atoms with Gasteiger partial charge in [0.05, 0.1) is 0 Å². The van der Waals surface area contributed by atoms with E-state index in [1.807, 2.05) is 16.7 Å². The van der Waals surface area contributed by atoms with Crippen LogP contribution < -0.4 is 0 Å². The first-order valence-corrected chi connectivity index (χ1v) is 9.11. The molecule has 7 nitrogen and oxygen atoms in total. The van der Waals surface area contributed by atoms with Crippen LogP contribution in [-0.4, -0.2) is 71.7 Å². The van der Waals surface area contributed by atoms with Gasteiger partial charge < -0.3 is 14.5 Å². The first-order valence-electron chi connectivity index (χ1n) is 9.11. The van der Waals surface area contributed by atoms with Crippen LogP contribution in [0.1, 0.15) is 48.3 Å². The van der Waals surface area contributed by atoms with Gasteiger partial charge >= 0.3 is 0 Å². The zero-order valence-electron chi connectivity index (χ0n) is 15.2. The van der Waals surface area contributed by atoms with Crippen LogP contribution in [0, 0.1) is 12.3 Å². The second-order valence-electron chi connectivity index (χ2n) is 7.43. The fraction of sp³-hybridized carbons (Fsp3) is 0.722. The van der Waals surface area contributed by atoms with Gasteiger partial charge in [0.1, 0.15) is 5.69 Å². The van der Waals surface area contributed by atoms with Gasteiger partial charge in [-0.3, -0.25) is 14.7 Å². The van der Waals surface area contributed by atoms with Crippen molar-refractivity contribution in [3.63, 3.8) is 0 Å². The molecule has 0 aliphatic carbocycles. The van der Waals surface area contributed by atoms with Gasteiger partial charge in [-0.1, -0.05) is 0 Å². The van der Waals surface area contributed by atoms with Crippen molar-refractivity contribution >= 4 is 11.8 Å². The maximum atomic E-state index is 12.7. The number of amides is 2. The lowest BCUT2D eigenvalue weighted by atomic mass is 9.73. The van der Waals surface area contributed by atoms with E-state index in [-0.39, 0.29) is 17.2 Å². The predicted octanol–water partition coefficient (Wildman–Crippen LogP) is 1.60. The van der Waals surface area contributed by atoms with E-state index in [4.69, 9.17) is 4.74 Å². The molecule has 3 rings (SSSR count). The van der Waals surface area contributed by atoms with E-state index in [1.54, 1.807) is 13.2 Å². The van der Waals surface area contributed by atoms with Crippen LogP contribution in [0.15, 0.2) is 6.07 Å². The van der Waals surface area contributed by atoms with Crippen molar-refractivity contribution in [1.29, 1.82) is 0 Å². The Balaban J connectivity index is 1.66. The Hall–Kier alpha value is -1.89. The highest BCUT2D eigenvalue weighted by Crippen LogP contribution is 2.39. The van der Waals surface area contributed by atoms with Gasteiger partial charge in [0.15, 0.2) is 0 Å². The molecule has 0 unspecified atom stereocenters. The molecule has 138 valence electrons. The number of ether oxygens (including phenoxy) is 1. The van der Waals surface area contributed by atoms with Crippen LogP contribution in [0.5, 0.6) is 0 Å². The molecule has 2 fully saturated rings. The first kappa shape index (κ1) is 17.9. The minimum Gasteiger partial charge on any atom is -0.385 e. The Morgan fingerprint density at radius 2 is 2.24 bits per heavy atom. The molecule has 2 aliphatic heterocycles. The van der Waals surface area contributed by atoms with Gasteiger partial charge in [0, 0.05) is 57.4 Å². The molecule has 0 bridgehead atoms. The molecule has 1 N–H and O–H groups in total. The van der Waals surface area contributed by atoms with E-state index in [0.717, 1.165) is 51.0 Å². The Morgan fingerprint density at radius 3 is 2.96 bits per heavy atom. The summed E-state index contributed by atoms with van der Waals surface area (Å²) in [6, 6.07) is 1.80. The number of methoxy groups -OCH3 is 1. The summed E-state index contributed by atoms with van der Waals surface area (Å²) in [5.74, 6) is 0.222. The number of piperidine rings is 2. The van der Waals surface area contributed by atoms with Crippen molar-refractivity contribution in [1.82, 2.24) is 20.0 Å². The number of aryl methyl sites for hydroxylation is 1. The zero-order valence-corrected chi connectivity index (χ0v) is 15.2. The van der Waals surface area contributed by atoms with Gasteiger partial charge in [-0.05, 0) is 38.7 Å². The van der Waals surface area contributed by atoms with Crippen LogP contribution in [0.3, 0.4) is 0 Å². The van der Waals surface area contributed by atoms with Gasteiger partial charge in [-0.15, -0.1) is 0 Å². The number of aromatic amines is 1. The lowest BCUT2D eigenvalue weighted by Gasteiger charge is -2.48. The monoisotopic (exact) mass is 348 g/mol.